The van der Waals surface area contributed by atoms with Gasteiger partial charge in [-0.2, -0.15) is 5.26 Å². The van der Waals surface area contributed by atoms with Gasteiger partial charge in [-0.3, -0.25) is 0 Å². The zero-order valence-corrected chi connectivity index (χ0v) is 6.51. The van der Waals surface area contributed by atoms with Gasteiger partial charge in [0.1, 0.15) is 12.3 Å². The fourth-order valence-electron chi connectivity index (χ4n) is 0.830. The first-order valence-corrected chi connectivity index (χ1v) is 3.52. The van der Waals surface area contributed by atoms with Crippen LogP contribution in [0.3, 0.4) is 0 Å². The molecule has 0 fully saturated rings. The summed E-state index contributed by atoms with van der Waals surface area (Å²) in [6.07, 6.45) is 5.80. The van der Waals surface area contributed by atoms with Crippen LogP contribution in [0.15, 0.2) is 29.3 Å². The molecule has 0 unspecified atom stereocenters. The molecule has 0 saturated carbocycles. The number of rotatable bonds is 1. The lowest BCUT2D eigenvalue weighted by atomic mass is 10.4. The van der Waals surface area contributed by atoms with Crippen molar-refractivity contribution < 1.29 is 4.42 Å². The topological polar surface area (TPSA) is 75.6 Å². The Bertz CT molecular complexity index is 426. The second kappa shape index (κ2) is 3.03. The van der Waals surface area contributed by atoms with Gasteiger partial charge in [-0.1, -0.05) is 0 Å². The predicted molar refractivity (Wildman–Crippen MR) is 42.2 cm³/mol. The SMILES string of the molecule is N#Cc1cnc(-c2ncco2)nc1. The lowest BCUT2D eigenvalue weighted by Gasteiger charge is -1.91. The minimum Gasteiger partial charge on any atom is -0.442 e. The Kier molecular flexibility index (Phi) is 1.73. The van der Waals surface area contributed by atoms with Crippen molar-refractivity contribution >= 4 is 0 Å². The Morgan fingerprint density at radius 1 is 1.23 bits per heavy atom. The van der Waals surface area contributed by atoms with Gasteiger partial charge in [0.25, 0.3) is 5.89 Å². The van der Waals surface area contributed by atoms with Crippen LogP contribution in [0.1, 0.15) is 5.56 Å². The number of aromatic nitrogens is 3. The average Bonchev–Trinajstić information content (AvgIpc) is 2.71. The normalized spacial score (nSPS) is 9.46. The maximum Gasteiger partial charge on any atom is 0.264 e. The smallest absolute Gasteiger partial charge is 0.264 e. The second-order valence-corrected chi connectivity index (χ2v) is 2.24. The van der Waals surface area contributed by atoms with Crippen molar-refractivity contribution in [1.82, 2.24) is 15.0 Å². The van der Waals surface area contributed by atoms with E-state index in [0.717, 1.165) is 0 Å². The van der Waals surface area contributed by atoms with Crippen LogP contribution < -0.4 is 0 Å². The van der Waals surface area contributed by atoms with Crippen LogP contribution >= 0.6 is 0 Å². The number of nitriles is 1. The highest BCUT2D eigenvalue weighted by atomic mass is 16.3. The lowest BCUT2D eigenvalue weighted by Crippen LogP contribution is -1.89. The number of nitrogens with zero attached hydrogens (tertiary/aromatic N) is 4. The molecule has 0 aliphatic rings. The van der Waals surface area contributed by atoms with E-state index in [1.165, 1.54) is 24.9 Å². The molecular formula is C8H4N4O. The molecule has 2 heterocycles. The molecule has 0 aliphatic heterocycles. The van der Waals surface area contributed by atoms with Crippen molar-refractivity contribution in [3.63, 3.8) is 0 Å². The van der Waals surface area contributed by atoms with Crippen LogP contribution in [0, 0.1) is 11.3 Å². The summed E-state index contributed by atoms with van der Waals surface area (Å²) in [5.74, 6) is 0.730. The van der Waals surface area contributed by atoms with Gasteiger partial charge < -0.3 is 4.42 Å². The molecule has 0 bridgehead atoms. The molecule has 2 aromatic rings. The molecule has 62 valence electrons. The Labute approximate surface area is 73.7 Å². The van der Waals surface area contributed by atoms with E-state index in [4.69, 9.17) is 9.68 Å². The van der Waals surface area contributed by atoms with Gasteiger partial charge in [0.2, 0.25) is 5.82 Å². The Balaban J connectivity index is 2.40. The van der Waals surface area contributed by atoms with Crippen molar-refractivity contribution in [1.29, 1.82) is 5.26 Å². The third-order valence-corrected chi connectivity index (χ3v) is 1.40. The molecule has 0 aliphatic carbocycles. The number of hydrogen-bond acceptors (Lipinski definition) is 5. The van der Waals surface area contributed by atoms with E-state index in [2.05, 4.69) is 15.0 Å². The fraction of sp³-hybridized carbons (Fsp3) is 0. The molecule has 13 heavy (non-hydrogen) atoms. The summed E-state index contributed by atoms with van der Waals surface area (Å²) >= 11 is 0. The van der Waals surface area contributed by atoms with Crippen LogP contribution in [-0.4, -0.2) is 15.0 Å². The van der Waals surface area contributed by atoms with E-state index < -0.39 is 0 Å². The molecule has 5 nitrogen and oxygen atoms in total. The first kappa shape index (κ1) is 7.43. The highest BCUT2D eigenvalue weighted by molar-refractivity contribution is 5.40. The van der Waals surface area contributed by atoms with E-state index >= 15 is 0 Å². The number of hydrogen-bond donors (Lipinski definition) is 0. The summed E-state index contributed by atoms with van der Waals surface area (Å²) in [7, 11) is 0. The van der Waals surface area contributed by atoms with Gasteiger partial charge >= 0.3 is 0 Å². The van der Waals surface area contributed by atoms with E-state index in [0.29, 0.717) is 17.3 Å². The van der Waals surface area contributed by atoms with Crippen LogP contribution in [0.25, 0.3) is 11.7 Å². The first-order chi connectivity index (χ1) is 6.40. The van der Waals surface area contributed by atoms with Crippen molar-refractivity contribution in [3.05, 3.63) is 30.4 Å². The quantitative estimate of drug-likeness (QED) is 0.641. The largest absolute Gasteiger partial charge is 0.442 e. The molecule has 0 aromatic carbocycles. The molecule has 0 spiro atoms. The molecular weight excluding hydrogens is 168 g/mol. The van der Waals surface area contributed by atoms with Crippen molar-refractivity contribution in [2.75, 3.05) is 0 Å². The fourth-order valence-corrected chi connectivity index (χ4v) is 0.830. The van der Waals surface area contributed by atoms with Crippen LogP contribution in [-0.2, 0) is 0 Å². The lowest BCUT2D eigenvalue weighted by molar-refractivity contribution is 0.569. The molecule has 0 radical (unpaired) electrons. The molecule has 2 aromatic heterocycles. The standard InChI is InChI=1S/C8H4N4O/c9-3-6-4-11-7(12-5-6)8-10-1-2-13-8/h1-2,4-5H. The average molecular weight is 172 g/mol. The van der Waals surface area contributed by atoms with Gasteiger partial charge in [-0.05, 0) is 0 Å². The van der Waals surface area contributed by atoms with Gasteiger partial charge in [0, 0.05) is 12.4 Å². The first-order valence-electron chi connectivity index (χ1n) is 3.52. The highest BCUT2D eigenvalue weighted by Gasteiger charge is 2.04. The van der Waals surface area contributed by atoms with E-state index in [1.54, 1.807) is 0 Å². The maximum absolute atomic E-state index is 8.49. The Hall–Kier alpha value is -2.22. The summed E-state index contributed by atoms with van der Waals surface area (Å²) in [6.45, 7) is 0. The van der Waals surface area contributed by atoms with Crippen molar-refractivity contribution in [3.8, 4) is 17.8 Å². The van der Waals surface area contributed by atoms with Crippen LogP contribution in [0.5, 0.6) is 0 Å². The van der Waals surface area contributed by atoms with E-state index in [-0.39, 0.29) is 0 Å². The summed E-state index contributed by atoms with van der Waals surface area (Å²) < 4.78 is 4.97. The second-order valence-electron chi connectivity index (χ2n) is 2.24. The minimum absolute atomic E-state index is 0.351. The van der Waals surface area contributed by atoms with Crippen molar-refractivity contribution in [2.24, 2.45) is 0 Å². The maximum atomic E-state index is 8.49. The third-order valence-electron chi connectivity index (χ3n) is 1.40. The molecule has 0 saturated heterocycles. The zero-order valence-electron chi connectivity index (χ0n) is 6.51. The van der Waals surface area contributed by atoms with Crippen LogP contribution in [0.4, 0.5) is 0 Å². The molecule has 0 amide bonds. The summed E-state index contributed by atoms with van der Waals surface area (Å²) in [5, 5.41) is 8.49. The zero-order chi connectivity index (χ0) is 9.10. The van der Waals surface area contributed by atoms with E-state index in [9.17, 15) is 0 Å². The minimum atomic E-state index is 0.351. The van der Waals surface area contributed by atoms with Crippen molar-refractivity contribution in [2.45, 2.75) is 0 Å². The third kappa shape index (κ3) is 1.37. The molecule has 2 rings (SSSR count). The van der Waals surface area contributed by atoms with Gasteiger partial charge in [-0.15, -0.1) is 0 Å². The van der Waals surface area contributed by atoms with Crippen LogP contribution in [0.2, 0.25) is 0 Å². The molecule has 0 N–H and O–H groups in total. The Morgan fingerprint density at radius 3 is 2.54 bits per heavy atom. The monoisotopic (exact) mass is 172 g/mol. The highest BCUT2D eigenvalue weighted by Crippen LogP contribution is 2.09. The number of oxazole rings is 1. The predicted octanol–water partition coefficient (Wildman–Crippen LogP) is 1.00. The van der Waals surface area contributed by atoms with E-state index in [1.807, 2.05) is 6.07 Å². The summed E-state index contributed by atoms with van der Waals surface area (Å²) in [5.41, 5.74) is 0.412. The van der Waals surface area contributed by atoms with Gasteiger partial charge in [0.15, 0.2) is 0 Å². The molecule has 5 heteroatoms. The molecule has 0 atom stereocenters. The van der Waals surface area contributed by atoms with Gasteiger partial charge in [-0.25, -0.2) is 15.0 Å². The summed E-state index contributed by atoms with van der Waals surface area (Å²) in [4.78, 5) is 11.7. The summed E-state index contributed by atoms with van der Waals surface area (Å²) in [6, 6.07) is 1.92. The van der Waals surface area contributed by atoms with Gasteiger partial charge in [0.05, 0.1) is 11.8 Å². The Morgan fingerprint density at radius 2 is 2.00 bits per heavy atom.